The van der Waals surface area contributed by atoms with Gasteiger partial charge in [0.25, 0.3) is 5.91 Å². The number of benzene rings is 1. The number of amides is 1. The fourth-order valence-electron chi connectivity index (χ4n) is 2.15. The van der Waals surface area contributed by atoms with Crippen LogP contribution in [0.1, 0.15) is 22.3 Å². The zero-order valence-electron chi connectivity index (χ0n) is 10.2. The highest BCUT2D eigenvalue weighted by Gasteiger charge is 2.24. The number of nitrogens with one attached hydrogen (secondary N) is 1. The summed E-state index contributed by atoms with van der Waals surface area (Å²) in [5.74, 6) is 0.109. The molecule has 0 aliphatic carbocycles. The van der Waals surface area contributed by atoms with Crippen molar-refractivity contribution in [3.8, 4) is 0 Å². The molecule has 1 amide bonds. The Morgan fingerprint density at radius 2 is 2.29 bits per heavy atom. The average molecular weight is 297 g/mol. The van der Waals surface area contributed by atoms with Gasteiger partial charge < -0.3 is 10.2 Å². The lowest BCUT2D eigenvalue weighted by Crippen LogP contribution is -2.38. The monoisotopic (exact) mass is 296 g/mol. The molecule has 1 unspecified atom stereocenters. The minimum Gasteiger partial charge on any atom is -0.337 e. The van der Waals surface area contributed by atoms with E-state index in [-0.39, 0.29) is 5.91 Å². The Hall–Kier alpha value is -0.870. The molecule has 92 valence electrons. The zero-order chi connectivity index (χ0) is 12.4. The van der Waals surface area contributed by atoms with Crippen molar-refractivity contribution in [3.05, 3.63) is 33.8 Å². The second-order valence-electron chi connectivity index (χ2n) is 4.52. The van der Waals surface area contributed by atoms with E-state index in [1.165, 1.54) is 0 Å². The summed E-state index contributed by atoms with van der Waals surface area (Å²) in [5, 5.41) is 3.28. The van der Waals surface area contributed by atoms with Crippen LogP contribution in [0.25, 0.3) is 0 Å². The second kappa shape index (κ2) is 5.19. The molecular formula is C13H17BrN2O. The fraction of sp³-hybridized carbons (Fsp3) is 0.462. The Morgan fingerprint density at radius 3 is 2.94 bits per heavy atom. The summed E-state index contributed by atoms with van der Waals surface area (Å²) in [7, 11) is 1.89. The van der Waals surface area contributed by atoms with Gasteiger partial charge in [-0.1, -0.05) is 22.0 Å². The lowest BCUT2D eigenvalue weighted by atomic mass is 10.1. The van der Waals surface area contributed by atoms with Crippen molar-refractivity contribution >= 4 is 21.8 Å². The van der Waals surface area contributed by atoms with Gasteiger partial charge in [0.05, 0.1) is 0 Å². The number of carbonyl (C=O) groups is 1. The van der Waals surface area contributed by atoms with E-state index >= 15 is 0 Å². The van der Waals surface area contributed by atoms with Gasteiger partial charge in [-0.3, -0.25) is 4.79 Å². The van der Waals surface area contributed by atoms with Crippen molar-refractivity contribution in [2.75, 3.05) is 20.1 Å². The largest absolute Gasteiger partial charge is 0.337 e. The topological polar surface area (TPSA) is 32.3 Å². The van der Waals surface area contributed by atoms with Crippen LogP contribution in [0.3, 0.4) is 0 Å². The van der Waals surface area contributed by atoms with Crippen LogP contribution in [0.4, 0.5) is 0 Å². The summed E-state index contributed by atoms with van der Waals surface area (Å²) < 4.78 is 0.949. The summed E-state index contributed by atoms with van der Waals surface area (Å²) in [4.78, 5) is 14.2. The number of nitrogens with zero attached hydrogens (tertiary/aromatic N) is 1. The van der Waals surface area contributed by atoms with E-state index in [1.807, 2.05) is 37.1 Å². The number of carbonyl (C=O) groups excluding carboxylic acids is 1. The molecule has 0 bridgehead atoms. The van der Waals surface area contributed by atoms with E-state index in [0.29, 0.717) is 6.04 Å². The molecule has 0 radical (unpaired) electrons. The molecule has 1 heterocycles. The SMILES string of the molecule is Cc1ccc(Br)cc1C(=O)N(C)C1CCNC1. The lowest BCUT2D eigenvalue weighted by molar-refractivity contribution is 0.0743. The van der Waals surface area contributed by atoms with Crippen molar-refractivity contribution in [1.82, 2.24) is 10.2 Å². The van der Waals surface area contributed by atoms with Crippen LogP contribution >= 0.6 is 15.9 Å². The molecule has 1 aliphatic rings. The van der Waals surface area contributed by atoms with Crippen molar-refractivity contribution < 1.29 is 4.79 Å². The molecule has 0 saturated carbocycles. The van der Waals surface area contributed by atoms with Crippen molar-refractivity contribution in [2.45, 2.75) is 19.4 Å². The standard InChI is InChI=1S/C13H17BrN2O/c1-9-3-4-10(14)7-12(9)13(17)16(2)11-5-6-15-8-11/h3-4,7,11,15H,5-6,8H2,1-2H3. The first-order valence-electron chi connectivity index (χ1n) is 5.83. The first-order chi connectivity index (χ1) is 8.09. The molecule has 17 heavy (non-hydrogen) atoms. The number of halogens is 1. The summed E-state index contributed by atoms with van der Waals surface area (Å²) in [6, 6.07) is 6.15. The third-order valence-corrected chi connectivity index (χ3v) is 3.83. The highest BCUT2D eigenvalue weighted by molar-refractivity contribution is 9.10. The summed E-state index contributed by atoms with van der Waals surface area (Å²) in [6.07, 6.45) is 1.04. The van der Waals surface area contributed by atoms with Gasteiger partial charge in [-0.2, -0.15) is 0 Å². The Balaban J connectivity index is 2.20. The van der Waals surface area contributed by atoms with E-state index in [0.717, 1.165) is 35.1 Å². The van der Waals surface area contributed by atoms with Crippen molar-refractivity contribution in [3.63, 3.8) is 0 Å². The predicted octanol–water partition coefficient (Wildman–Crippen LogP) is 2.19. The molecular weight excluding hydrogens is 280 g/mol. The normalized spacial score (nSPS) is 19.4. The molecule has 1 N–H and O–H groups in total. The van der Waals surface area contributed by atoms with Gasteiger partial charge in [0, 0.05) is 29.7 Å². The minimum absolute atomic E-state index is 0.109. The van der Waals surface area contributed by atoms with Gasteiger partial charge in [0.1, 0.15) is 0 Å². The molecule has 1 aliphatic heterocycles. The Labute approximate surface area is 110 Å². The Bertz CT molecular complexity index is 427. The number of hydrogen-bond donors (Lipinski definition) is 1. The van der Waals surface area contributed by atoms with Crippen LogP contribution in [0, 0.1) is 6.92 Å². The van der Waals surface area contributed by atoms with E-state index in [1.54, 1.807) is 0 Å². The van der Waals surface area contributed by atoms with E-state index in [4.69, 9.17) is 0 Å². The molecule has 4 heteroatoms. The average Bonchev–Trinajstić information content (AvgIpc) is 2.84. The molecule has 1 fully saturated rings. The quantitative estimate of drug-likeness (QED) is 0.907. The van der Waals surface area contributed by atoms with Crippen LogP contribution in [0.2, 0.25) is 0 Å². The number of rotatable bonds is 2. The van der Waals surface area contributed by atoms with Crippen LogP contribution in [0.5, 0.6) is 0 Å². The summed E-state index contributed by atoms with van der Waals surface area (Å²) >= 11 is 3.41. The lowest BCUT2D eigenvalue weighted by Gasteiger charge is -2.24. The van der Waals surface area contributed by atoms with Gasteiger partial charge in [-0.15, -0.1) is 0 Å². The minimum atomic E-state index is 0.109. The maximum absolute atomic E-state index is 12.4. The van der Waals surface area contributed by atoms with Crippen LogP contribution < -0.4 is 5.32 Å². The van der Waals surface area contributed by atoms with Crippen molar-refractivity contribution in [2.24, 2.45) is 0 Å². The maximum atomic E-state index is 12.4. The smallest absolute Gasteiger partial charge is 0.254 e. The summed E-state index contributed by atoms with van der Waals surface area (Å²) in [6.45, 7) is 3.87. The molecule has 1 atom stereocenters. The fourth-order valence-corrected chi connectivity index (χ4v) is 2.51. The number of likely N-dealkylation sites (N-methyl/N-ethyl adjacent to an activating group) is 1. The third kappa shape index (κ3) is 2.69. The van der Waals surface area contributed by atoms with E-state index in [2.05, 4.69) is 21.2 Å². The molecule has 1 saturated heterocycles. The molecule has 0 spiro atoms. The van der Waals surface area contributed by atoms with Crippen LogP contribution in [-0.4, -0.2) is 37.0 Å². The van der Waals surface area contributed by atoms with Gasteiger partial charge in [0.2, 0.25) is 0 Å². The van der Waals surface area contributed by atoms with E-state index in [9.17, 15) is 4.79 Å². The number of hydrogen-bond acceptors (Lipinski definition) is 2. The molecule has 1 aromatic rings. The van der Waals surface area contributed by atoms with Gasteiger partial charge in [-0.05, 0) is 37.6 Å². The Kier molecular flexibility index (Phi) is 3.84. The van der Waals surface area contributed by atoms with Gasteiger partial charge >= 0.3 is 0 Å². The predicted molar refractivity (Wildman–Crippen MR) is 72.2 cm³/mol. The van der Waals surface area contributed by atoms with E-state index < -0.39 is 0 Å². The number of aryl methyl sites for hydroxylation is 1. The molecule has 3 nitrogen and oxygen atoms in total. The first-order valence-corrected chi connectivity index (χ1v) is 6.63. The van der Waals surface area contributed by atoms with Crippen molar-refractivity contribution in [1.29, 1.82) is 0 Å². The first kappa shape index (κ1) is 12.6. The Morgan fingerprint density at radius 1 is 1.53 bits per heavy atom. The van der Waals surface area contributed by atoms with Gasteiger partial charge in [0.15, 0.2) is 0 Å². The van der Waals surface area contributed by atoms with Crippen LogP contribution in [-0.2, 0) is 0 Å². The second-order valence-corrected chi connectivity index (χ2v) is 5.44. The molecule has 2 rings (SSSR count). The summed E-state index contributed by atoms with van der Waals surface area (Å²) in [5.41, 5.74) is 1.81. The van der Waals surface area contributed by atoms with Gasteiger partial charge in [-0.25, -0.2) is 0 Å². The van der Waals surface area contributed by atoms with Crippen LogP contribution in [0.15, 0.2) is 22.7 Å². The third-order valence-electron chi connectivity index (χ3n) is 3.33. The highest BCUT2D eigenvalue weighted by atomic mass is 79.9. The molecule has 1 aromatic carbocycles. The highest BCUT2D eigenvalue weighted by Crippen LogP contribution is 2.19. The zero-order valence-corrected chi connectivity index (χ0v) is 11.8. The maximum Gasteiger partial charge on any atom is 0.254 e. The molecule has 0 aromatic heterocycles.